The predicted octanol–water partition coefficient (Wildman–Crippen LogP) is 3.40. The van der Waals surface area contributed by atoms with Crippen LogP contribution in [0.5, 0.6) is 0 Å². The molecule has 0 bridgehead atoms. The Morgan fingerprint density at radius 2 is 1.81 bits per heavy atom. The maximum atomic E-state index is 13.3. The Labute approximate surface area is 154 Å². The molecule has 26 heavy (non-hydrogen) atoms. The first-order valence-electron chi connectivity index (χ1n) is 8.87. The van der Waals surface area contributed by atoms with E-state index in [0.29, 0.717) is 12.1 Å². The van der Waals surface area contributed by atoms with Gasteiger partial charge in [0.05, 0.1) is 10.9 Å². The van der Waals surface area contributed by atoms with Crippen molar-refractivity contribution in [1.82, 2.24) is 4.90 Å². The summed E-state index contributed by atoms with van der Waals surface area (Å²) in [5, 5.41) is 5.25. The number of nitrogens with two attached hydrogens (primary N) is 1. The molecule has 138 valence electrons. The molecule has 5 nitrogen and oxygen atoms in total. The molecule has 1 unspecified atom stereocenters. The van der Waals surface area contributed by atoms with Crippen LogP contribution in [0.3, 0.4) is 0 Å². The van der Waals surface area contributed by atoms with Crippen molar-refractivity contribution in [3.8, 4) is 0 Å². The van der Waals surface area contributed by atoms with Crippen LogP contribution in [0.4, 0.5) is 0 Å². The van der Waals surface area contributed by atoms with E-state index < -0.39 is 10.0 Å². The quantitative estimate of drug-likeness (QED) is 0.897. The molecule has 2 aromatic rings. The summed E-state index contributed by atoms with van der Waals surface area (Å²) in [6.07, 6.45) is 4.01. The highest BCUT2D eigenvalue weighted by Crippen LogP contribution is 2.32. The number of primary sulfonamides is 1. The molecule has 1 aliphatic heterocycles. The number of likely N-dealkylation sites (tertiary alicyclic amines) is 1. The third-order valence-corrected chi connectivity index (χ3v) is 5.88. The SMILES string of the molecule is Cc1ccc(S(N)(=O)=O)cc1C(=O)N1CCCCCC1c1ccccc1. The highest BCUT2D eigenvalue weighted by Gasteiger charge is 2.28. The second-order valence-corrected chi connectivity index (χ2v) is 8.36. The van der Waals surface area contributed by atoms with Crippen LogP contribution in [0.1, 0.15) is 53.2 Å². The van der Waals surface area contributed by atoms with Gasteiger partial charge in [-0.3, -0.25) is 4.79 Å². The van der Waals surface area contributed by atoms with Gasteiger partial charge >= 0.3 is 0 Å². The fourth-order valence-corrected chi connectivity index (χ4v) is 4.08. The lowest BCUT2D eigenvalue weighted by Crippen LogP contribution is -2.35. The number of hydrogen-bond acceptors (Lipinski definition) is 3. The Morgan fingerprint density at radius 3 is 2.50 bits per heavy atom. The van der Waals surface area contributed by atoms with Gasteiger partial charge in [-0.15, -0.1) is 0 Å². The molecule has 1 atom stereocenters. The molecule has 1 aliphatic rings. The van der Waals surface area contributed by atoms with Crippen molar-refractivity contribution in [3.63, 3.8) is 0 Å². The van der Waals surface area contributed by atoms with Gasteiger partial charge in [-0.1, -0.05) is 49.2 Å². The number of rotatable bonds is 3. The van der Waals surface area contributed by atoms with Crippen LogP contribution in [0.25, 0.3) is 0 Å². The third kappa shape index (κ3) is 3.97. The maximum absolute atomic E-state index is 13.3. The second-order valence-electron chi connectivity index (χ2n) is 6.80. The Morgan fingerprint density at radius 1 is 1.08 bits per heavy atom. The number of aryl methyl sites for hydroxylation is 1. The minimum atomic E-state index is -3.85. The number of carbonyl (C=O) groups is 1. The molecule has 0 radical (unpaired) electrons. The van der Waals surface area contributed by atoms with Gasteiger partial charge < -0.3 is 4.90 Å². The van der Waals surface area contributed by atoms with E-state index in [1.807, 2.05) is 42.2 Å². The summed E-state index contributed by atoms with van der Waals surface area (Å²) in [5.74, 6) is -0.135. The van der Waals surface area contributed by atoms with Crippen molar-refractivity contribution in [3.05, 3.63) is 65.2 Å². The van der Waals surface area contributed by atoms with Crippen molar-refractivity contribution in [1.29, 1.82) is 0 Å². The largest absolute Gasteiger partial charge is 0.332 e. The van der Waals surface area contributed by atoms with E-state index in [0.717, 1.165) is 36.8 Å². The molecule has 0 aliphatic carbocycles. The van der Waals surface area contributed by atoms with Crippen molar-refractivity contribution >= 4 is 15.9 Å². The smallest absolute Gasteiger partial charge is 0.254 e. The minimum Gasteiger partial charge on any atom is -0.332 e. The molecule has 2 N–H and O–H groups in total. The molecule has 6 heteroatoms. The van der Waals surface area contributed by atoms with Crippen LogP contribution in [0.2, 0.25) is 0 Å². The van der Waals surface area contributed by atoms with Crippen LogP contribution >= 0.6 is 0 Å². The van der Waals surface area contributed by atoms with Crippen molar-refractivity contribution in [2.75, 3.05) is 6.54 Å². The predicted molar refractivity (Wildman–Crippen MR) is 101 cm³/mol. The Bertz CT molecular complexity index is 895. The summed E-state index contributed by atoms with van der Waals surface area (Å²) in [5.41, 5.74) is 2.26. The van der Waals surface area contributed by atoms with Crippen molar-refractivity contribution in [2.45, 2.75) is 43.5 Å². The monoisotopic (exact) mass is 372 g/mol. The minimum absolute atomic E-state index is 0.00346. The van der Waals surface area contributed by atoms with E-state index in [1.54, 1.807) is 6.07 Å². The summed E-state index contributed by atoms with van der Waals surface area (Å²) in [7, 11) is -3.85. The number of benzene rings is 2. The lowest BCUT2D eigenvalue weighted by molar-refractivity contribution is 0.0680. The average molecular weight is 372 g/mol. The zero-order chi connectivity index (χ0) is 18.7. The molecule has 0 spiro atoms. The number of hydrogen-bond donors (Lipinski definition) is 1. The molecule has 2 aromatic carbocycles. The highest BCUT2D eigenvalue weighted by molar-refractivity contribution is 7.89. The standard InChI is InChI=1S/C20H24N2O3S/c1-15-11-12-17(26(21,24)25)14-18(15)20(23)22-13-7-3-6-10-19(22)16-8-4-2-5-9-16/h2,4-5,8-9,11-12,14,19H,3,6-7,10,13H2,1H3,(H2,21,24,25). The van der Waals surface area contributed by atoms with E-state index in [4.69, 9.17) is 5.14 Å². The number of carbonyl (C=O) groups excluding carboxylic acids is 1. The van der Waals surface area contributed by atoms with Gasteiger partial charge in [-0.25, -0.2) is 13.6 Å². The van der Waals surface area contributed by atoms with Gasteiger partial charge in [0.25, 0.3) is 5.91 Å². The topological polar surface area (TPSA) is 80.5 Å². The van der Waals surface area contributed by atoms with Crippen LogP contribution in [0, 0.1) is 6.92 Å². The maximum Gasteiger partial charge on any atom is 0.254 e. The molecule has 0 aromatic heterocycles. The van der Waals surface area contributed by atoms with Gasteiger partial charge in [-0.2, -0.15) is 0 Å². The molecule has 3 rings (SSSR count). The summed E-state index contributed by atoms with van der Waals surface area (Å²) in [6.45, 7) is 2.48. The number of sulfonamides is 1. The first-order chi connectivity index (χ1) is 12.4. The Hall–Kier alpha value is -2.18. The van der Waals surface area contributed by atoms with Crippen LogP contribution < -0.4 is 5.14 Å². The van der Waals surface area contributed by atoms with E-state index >= 15 is 0 Å². The van der Waals surface area contributed by atoms with Crippen LogP contribution in [-0.4, -0.2) is 25.8 Å². The summed E-state index contributed by atoms with van der Waals surface area (Å²) >= 11 is 0. The Kier molecular flexibility index (Phi) is 5.44. The van der Waals surface area contributed by atoms with Gasteiger partial charge in [0.2, 0.25) is 10.0 Å². The molecular weight excluding hydrogens is 348 g/mol. The summed E-state index contributed by atoms with van der Waals surface area (Å²) in [4.78, 5) is 15.2. The zero-order valence-corrected chi connectivity index (χ0v) is 15.7. The van der Waals surface area contributed by atoms with Crippen molar-refractivity contribution < 1.29 is 13.2 Å². The molecule has 0 saturated carbocycles. The van der Waals surface area contributed by atoms with Gasteiger partial charge in [0.15, 0.2) is 0 Å². The van der Waals surface area contributed by atoms with Crippen LogP contribution in [0.15, 0.2) is 53.4 Å². The fourth-order valence-electron chi connectivity index (χ4n) is 3.54. The normalized spacial score (nSPS) is 18.4. The lowest BCUT2D eigenvalue weighted by atomic mass is 9.99. The van der Waals surface area contributed by atoms with E-state index in [1.165, 1.54) is 12.1 Å². The van der Waals surface area contributed by atoms with E-state index in [2.05, 4.69) is 0 Å². The molecule has 1 fully saturated rings. The lowest BCUT2D eigenvalue weighted by Gasteiger charge is -2.31. The third-order valence-electron chi connectivity index (χ3n) is 4.97. The number of nitrogens with zero attached hydrogens (tertiary/aromatic N) is 1. The summed E-state index contributed by atoms with van der Waals surface area (Å²) in [6, 6.07) is 14.5. The van der Waals surface area contributed by atoms with Gasteiger partial charge in [0, 0.05) is 12.1 Å². The second kappa shape index (κ2) is 7.60. The highest BCUT2D eigenvalue weighted by atomic mass is 32.2. The van der Waals surface area contributed by atoms with E-state index in [-0.39, 0.29) is 16.8 Å². The van der Waals surface area contributed by atoms with Crippen LogP contribution in [-0.2, 0) is 10.0 Å². The average Bonchev–Trinajstić information content (AvgIpc) is 2.87. The van der Waals surface area contributed by atoms with Gasteiger partial charge in [-0.05, 0) is 43.0 Å². The molecular formula is C20H24N2O3S. The van der Waals surface area contributed by atoms with Gasteiger partial charge in [0.1, 0.15) is 0 Å². The fraction of sp³-hybridized carbons (Fsp3) is 0.350. The molecule has 1 amide bonds. The first kappa shape index (κ1) is 18.6. The van der Waals surface area contributed by atoms with Crippen molar-refractivity contribution in [2.24, 2.45) is 5.14 Å². The zero-order valence-electron chi connectivity index (χ0n) is 14.9. The summed E-state index contributed by atoms with van der Waals surface area (Å²) < 4.78 is 23.4. The first-order valence-corrected chi connectivity index (χ1v) is 10.4. The molecule has 1 heterocycles. The Balaban J connectivity index is 2.01. The van der Waals surface area contributed by atoms with E-state index in [9.17, 15) is 13.2 Å². The number of amides is 1. The molecule has 1 saturated heterocycles.